The van der Waals surface area contributed by atoms with Crippen LogP contribution in [0.15, 0.2) is 17.1 Å². The molecular formula is C24H46N2O. The largest absolute Gasteiger partial charge is 0.393 e. The van der Waals surface area contributed by atoms with Gasteiger partial charge in [-0.1, -0.05) is 70.4 Å². The Bertz CT molecular complexity index is 390. The van der Waals surface area contributed by atoms with E-state index in [-0.39, 0.29) is 6.10 Å². The van der Waals surface area contributed by atoms with Crippen LogP contribution in [0.2, 0.25) is 0 Å². The summed E-state index contributed by atoms with van der Waals surface area (Å²) in [5.41, 5.74) is 0. The third-order valence-corrected chi connectivity index (χ3v) is 5.58. The van der Waals surface area contributed by atoms with E-state index in [0.29, 0.717) is 5.92 Å². The van der Waals surface area contributed by atoms with Crippen LogP contribution in [0, 0.1) is 5.92 Å². The maximum atomic E-state index is 9.57. The van der Waals surface area contributed by atoms with Crippen molar-refractivity contribution >= 4 is 5.84 Å². The SMILES string of the molecule is CCCCCCCCC=CCCCCCCC(CCC(C)O)C1=NCCN1. The first-order valence-corrected chi connectivity index (χ1v) is 11.8. The van der Waals surface area contributed by atoms with E-state index in [1.807, 2.05) is 6.92 Å². The second-order valence-electron chi connectivity index (χ2n) is 8.34. The smallest absolute Gasteiger partial charge is 0.0995 e. The second kappa shape index (κ2) is 17.3. The minimum Gasteiger partial charge on any atom is -0.393 e. The van der Waals surface area contributed by atoms with Crippen molar-refractivity contribution in [3.63, 3.8) is 0 Å². The minimum atomic E-state index is -0.197. The molecule has 1 rings (SSSR count). The van der Waals surface area contributed by atoms with E-state index in [1.165, 1.54) is 89.3 Å². The van der Waals surface area contributed by atoms with Gasteiger partial charge in [-0.2, -0.15) is 0 Å². The van der Waals surface area contributed by atoms with E-state index in [1.54, 1.807) is 0 Å². The molecule has 2 N–H and O–H groups in total. The fourth-order valence-electron chi connectivity index (χ4n) is 3.83. The molecule has 2 atom stereocenters. The molecule has 3 heteroatoms. The summed E-state index contributed by atoms with van der Waals surface area (Å²) < 4.78 is 0. The third-order valence-electron chi connectivity index (χ3n) is 5.58. The molecule has 27 heavy (non-hydrogen) atoms. The molecule has 158 valence electrons. The lowest BCUT2D eigenvalue weighted by Crippen LogP contribution is -2.27. The van der Waals surface area contributed by atoms with E-state index in [2.05, 4.69) is 29.4 Å². The number of aliphatic hydroxyl groups excluding tert-OH is 1. The standard InChI is InChI=1S/C24H46N2O/c1-3-4-5-6-7-8-9-10-11-12-13-14-15-16-17-23(19-18-22(2)27)24-25-20-21-26-24/h10-11,22-23,27H,3-9,12-21H2,1-2H3,(H,25,26). The molecule has 1 aliphatic rings. The maximum absolute atomic E-state index is 9.57. The van der Waals surface area contributed by atoms with E-state index in [4.69, 9.17) is 0 Å². The highest BCUT2D eigenvalue weighted by atomic mass is 16.3. The van der Waals surface area contributed by atoms with Crippen LogP contribution < -0.4 is 5.32 Å². The van der Waals surface area contributed by atoms with Crippen LogP contribution in [-0.2, 0) is 0 Å². The Labute approximate surface area is 169 Å². The number of hydrogen-bond donors (Lipinski definition) is 2. The molecule has 0 bridgehead atoms. The molecule has 0 amide bonds. The summed E-state index contributed by atoms with van der Waals surface area (Å²) >= 11 is 0. The molecule has 1 aliphatic heterocycles. The fraction of sp³-hybridized carbons (Fsp3) is 0.875. The van der Waals surface area contributed by atoms with Gasteiger partial charge in [-0.15, -0.1) is 0 Å². The Kier molecular flexibility index (Phi) is 15.5. The van der Waals surface area contributed by atoms with E-state index >= 15 is 0 Å². The molecule has 0 spiro atoms. The number of aliphatic hydroxyl groups is 1. The highest BCUT2D eigenvalue weighted by Crippen LogP contribution is 2.20. The summed E-state index contributed by atoms with van der Waals surface area (Å²) in [5, 5.41) is 13.0. The van der Waals surface area contributed by atoms with Crippen molar-refractivity contribution in [1.82, 2.24) is 5.32 Å². The Morgan fingerprint density at radius 2 is 1.52 bits per heavy atom. The van der Waals surface area contributed by atoms with Gasteiger partial charge in [0.05, 0.1) is 18.5 Å². The zero-order chi connectivity index (χ0) is 19.6. The molecular weight excluding hydrogens is 332 g/mol. The van der Waals surface area contributed by atoms with Gasteiger partial charge in [0.1, 0.15) is 0 Å². The van der Waals surface area contributed by atoms with Gasteiger partial charge in [-0.3, -0.25) is 4.99 Å². The Morgan fingerprint density at radius 1 is 0.889 bits per heavy atom. The number of aliphatic imine (C=N–C) groups is 1. The Balaban J connectivity index is 1.97. The molecule has 1 heterocycles. The first-order valence-electron chi connectivity index (χ1n) is 11.8. The van der Waals surface area contributed by atoms with Gasteiger partial charge < -0.3 is 10.4 Å². The molecule has 0 aromatic heterocycles. The van der Waals surface area contributed by atoms with Crippen LogP contribution in [0.3, 0.4) is 0 Å². The minimum absolute atomic E-state index is 0.197. The zero-order valence-corrected chi connectivity index (χ0v) is 18.2. The van der Waals surface area contributed by atoms with E-state index < -0.39 is 0 Å². The van der Waals surface area contributed by atoms with Crippen molar-refractivity contribution in [3.05, 3.63) is 12.2 Å². The maximum Gasteiger partial charge on any atom is 0.0995 e. The van der Waals surface area contributed by atoms with Crippen molar-refractivity contribution < 1.29 is 5.11 Å². The summed E-state index contributed by atoms with van der Waals surface area (Å²) in [6.45, 7) is 6.08. The highest BCUT2D eigenvalue weighted by molar-refractivity contribution is 5.85. The quantitative estimate of drug-likeness (QED) is 0.214. The van der Waals surface area contributed by atoms with Crippen LogP contribution in [-0.4, -0.2) is 30.1 Å². The van der Waals surface area contributed by atoms with Crippen LogP contribution in [0.5, 0.6) is 0 Å². The van der Waals surface area contributed by atoms with Crippen molar-refractivity contribution in [2.45, 2.75) is 116 Å². The lowest BCUT2D eigenvalue weighted by Gasteiger charge is -2.18. The number of allylic oxidation sites excluding steroid dienone is 2. The van der Waals surface area contributed by atoms with Gasteiger partial charge in [0.25, 0.3) is 0 Å². The molecule has 0 aromatic carbocycles. The number of amidine groups is 1. The topological polar surface area (TPSA) is 44.6 Å². The zero-order valence-electron chi connectivity index (χ0n) is 18.2. The Hall–Kier alpha value is -0.830. The van der Waals surface area contributed by atoms with Gasteiger partial charge >= 0.3 is 0 Å². The monoisotopic (exact) mass is 378 g/mol. The summed E-state index contributed by atoms with van der Waals surface area (Å²) in [7, 11) is 0. The molecule has 0 radical (unpaired) electrons. The number of rotatable bonds is 18. The number of nitrogens with zero attached hydrogens (tertiary/aromatic N) is 1. The summed E-state index contributed by atoms with van der Waals surface area (Å²) in [6, 6.07) is 0. The average Bonchev–Trinajstić information content (AvgIpc) is 3.18. The predicted octanol–water partition coefficient (Wildman–Crippen LogP) is 6.41. The van der Waals surface area contributed by atoms with Gasteiger partial charge in [0, 0.05) is 12.5 Å². The highest BCUT2D eigenvalue weighted by Gasteiger charge is 2.18. The third kappa shape index (κ3) is 13.9. The molecule has 0 saturated heterocycles. The van der Waals surface area contributed by atoms with Crippen LogP contribution in [0.4, 0.5) is 0 Å². The predicted molar refractivity (Wildman–Crippen MR) is 120 cm³/mol. The van der Waals surface area contributed by atoms with Gasteiger partial charge in [-0.25, -0.2) is 0 Å². The van der Waals surface area contributed by atoms with Gasteiger partial charge in [0.15, 0.2) is 0 Å². The average molecular weight is 379 g/mol. The normalized spacial score (nSPS) is 16.5. The van der Waals surface area contributed by atoms with Crippen molar-refractivity contribution in [2.24, 2.45) is 10.9 Å². The molecule has 0 aliphatic carbocycles. The molecule has 0 saturated carbocycles. The van der Waals surface area contributed by atoms with Crippen molar-refractivity contribution in [3.8, 4) is 0 Å². The lowest BCUT2D eigenvalue weighted by molar-refractivity contribution is 0.176. The fourth-order valence-corrected chi connectivity index (χ4v) is 3.83. The van der Waals surface area contributed by atoms with Gasteiger partial charge in [0.2, 0.25) is 0 Å². The lowest BCUT2D eigenvalue weighted by atomic mass is 9.93. The molecule has 0 fully saturated rings. The van der Waals surface area contributed by atoms with Crippen LogP contribution >= 0.6 is 0 Å². The second-order valence-corrected chi connectivity index (χ2v) is 8.34. The molecule has 3 nitrogen and oxygen atoms in total. The Morgan fingerprint density at radius 3 is 2.11 bits per heavy atom. The number of hydrogen-bond acceptors (Lipinski definition) is 3. The summed E-state index contributed by atoms with van der Waals surface area (Å²) in [4.78, 5) is 4.61. The molecule has 0 aromatic rings. The number of unbranched alkanes of at least 4 members (excludes halogenated alkanes) is 10. The summed E-state index contributed by atoms with van der Waals surface area (Å²) in [6.07, 6.45) is 23.9. The van der Waals surface area contributed by atoms with E-state index in [0.717, 1.165) is 25.9 Å². The summed E-state index contributed by atoms with van der Waals surface area (Å²) in [5.74, 6) is 1.73. The first kappa shape index (κ1) is 24.2. The molecule has 2 unspecified atom stereocenters. The van der Waals surface area contributed by atoms with Crippen LogP contribution in [0.1, 0.15) is 110 Å². The number of nitrogens with one attached hydrogen (secondary N) is 1. The van der Waals surface area contributed by atoms with Crippen molar-refractivity contribution in [2.75, 3.05) is 13.1 Å². The van der Waals surface area contributed by atoms with Crippen LogP contribution in [0.25, 0.3) is 0 Å². The van der Waals surface area contributed by atoms with Gasteiger partial charge in [-0.05, 0) is 51.9 Å². The van der Waals surface area contributed by atoms with Crippen molar-refractivity contribution in [1.29, 1.82) is 0 Å². The first-order chi connectivity index (χ1) is 13.2. The van der Waals surface area contributed by atoms with E-state index in [9.17, 15) is 5.11 Å².